The van der Waals surface area contributed by atoms with Crippen LogP contribution in [0.3, 0.4) is 0 Å². The number of hydrogen-bond acceptors (Lipinski definition) is 3. The summed E-state index contributed by atoms with van der Waals surface area (Å²) >= 11 is 0. The molecular formula is C16H20N2O2. The van der Waals surface area contributed by atoms with Crippen molar-refractivity contribution < 1.29 is 5.11 Å². The van der Waals surface area contributed by atoms with Crippen LogP contribution in [0, 0.1) is 0 Å². The first-order valence-electron chi connectivity index (χ1n) is 7.23. The van der Waals surface area contributed by atoms with Crippen molar-refractivity contribution in [2.75, 3.05) is 26.2 Å². The molecule has 0 amide bonds. The summed E-state index contributed by atoms with van der Waals surface area (Å²) < 4.78 is 0. The average Bonchev–Trinajstić information content (AvgIpc) is 2.48. The van der Waals surface area contributed by atoms with Crippen LogP contribution in [0.15, 0.2) is 35.1 Å². The fourth-order valence-corrected chi connectivity index (χ4v) is 3.06. The molecule has 0 bridgehead atoms. The van der Waals surface area contributed by atoms with Crippen molar-refractivity contribution in [2.45, 2.75) is 18.8 Å². The molecular weight excluding hydrogens is 252 g/mol. The Morgan fingerprint density at radius 2 is 2.00 bits per heavy atom. The first kappa shape index (κ1) is 13.3. The molecule has 0 atom stereocenters. The van der Waals surface area contributed by atoms with Crippen LogP contribution in [-0.4, -0.2) is 41.2 Å². The van der Waals surface area contributed by atoms with Crippen LogP contribution in [-0.2, 0) is 0 Å². The molecule has 0 saturated carbocycles. The average molecular weight is 272 g/mol. The Morgan fingerprint density at radius 1 is 1.25 bits per heavy atom. The van der Waals surface area contributed by atoms with Crippen molar-refractivity contribution in [2.24, 2.45) is 0 Å². The van der Waals surface area contributed by atoms with Crippen LogP contribution in [0.2, 0.25) is 0 Å². The third-order valence-corrected chi connectivity index (χ3v) is 4.22. The maximum absolute atomic E-state index is 12.1. The highest BCUT2D eigenvalue weighted by Crippen LogP contribution is 2.27. The fraction of sp³-hybridized carbons (Fsp3) is 0.438. The highest BCUT2D eigenvalue weighted by Gasteiger charge is 2.21. The van der Waals surface area contributed by atoms with Crippen LogP contribution in [0.5, 0.6) is 0 Å². The van der Waals surface area contributed by atoms with E-state index >= 15 is 0 Å². The topological polar surface area (TPSA) is 56.3 Å². The standard InChI is InChI=1S/C16H20N2O2/c19-10-9-18-7-5-12(6-8-18)15-11-13-3-1-2-4-14(13)16(20)17-15/h1-4,11-12,19H,5-10H2,(H,17,20). The summed E-state index contributed by atoms with van der Waals surface area (Å²) in [5, 5.41) is 10.7. The lowest BCUT2D eigenvalue weighted by Gasteiger charge is -2.31. The fourth-order valence-electron chi connectivity index (χ4n) is 3.06. The minimum absolute atomic E-state index is 0.0101. The zero-order valence-corrected chi connectivity index (χ0v) is 11.5. The molecule has 2 heterocycles. The van der Waals surface area contributed by atoms with Gasteiger partial charge in [-0.1, -0.05) is 18.2 Å². The summed E-state index contributed by atoms with van der Waals surface area (Å²) in [6, 6.07) is 9.83. The summed E-state index contributed by atoms with van der Waals surface area (Å²) in [5.41, 5.74) is 1.06. The number of β-amino-alcohol motifs (C(OH)–C–C–N with tert-alkyl or cyclic N) is 1. The minimum Gasteiger partial charge on any atom is -0.395 e. The molecule has 106 valence electrons. The van der Waals surface area contributed by atoms with Gasteiger partial charge in [0.05, 0.1) is 6.61 Å². The van der Waals surface area contributed by atoms with Gasteiger partial charge in [-0.05, 0) is 43.5 Å². The Balaban J connectivity index is 1.83. The number of pyridine rings is 1. The first-order chi connectivity index (χ1) is 9.78. The predicted molar refractivity (Wildman–Crippen MR) is 80.1 cm³/mol. The monoisotopic (exact) mass is 272 g/mol. The van der Waals surface area contributed by atoms with Crippen molar-refractivity contribution in [3.8, 4) is 0 Å². The molecule has 1 aromatic carbocycles. The van der Waals surface area contributed by atoms with E-state index in [4.69, 9.17) is 5.11 Å². The second-order valence-corrected chi connectivity index (χ2v) is 5.48. The molecule has 4 heteroatoms. The predicted octanol–water partition coefficient (Wildman–Crippen LogP) is 1.70. The Labute approximate surface area is 118 Å². The number of H-pyrrole nitrogens is 1. The molecule has 1 aliphatic heterocycles. The van der Waals surface area contributed by atoms with E-state index in [1.54, 1.807) is 0 Å². The molecule has 1 saturated heterocycles. The van der Waals surface area contributed by atoms with E-state index < -0.39 is 0 Å². The normalized spacial score (nSPS) is 17.6. The molecule has 0 unspecified atom stereocenters. The number of nitrogens with zero attached hydrogens (tertiary/aromatic N) is 1. The second kappa shape index (κ2) is 5.77. The number of benzene rings is 1. The highest BCUT2D eigenvalue weighted by atomic mass is 16.3. The van der Waals surface area contributed by atoms with Gasteiger partial charge in [-0.15, -0.1) is 0 Å². The van der Waals surface area contributed by atoms with Gasteiger partial charge in [0.2, 0.25) is 0 Å². The maximum atomic E-state index is 12.1. The number of aromatic nitrogens is 1. The third-order valence-electron chi connectivity index (χ3n) is 4.22. The van der Waals surface area contributed by atoms with E-state index in [2.05, 4.69) is 16.0 Å². The van der Waals surface area contributed by atoms with E-state index in [1.165, 1.54) is 0 Å². The lowest BCUT2D eigenvalue weighted by Crippen LogP contribution is -2.35. The summed E-state index contributed by atoms with van der Waals surface area (Å²) in [4.78, 5) is 17.4. The summed E-state index contributed by atoms with van der Waals surface area (Å²) in [6.45, 7) is 2.94. The van der Waals surface area contributed by atoms with Gasteiger partial charge in [-0.3, -0.25) is 4.79 Å². The SMILES string of the molecule is O=c1[nH]c(C2CCN(CCO)CC2)cc2ccccc12. The van der Waals surface area contributed by atoms with E-state index in [0.29, 0.717) is 5.92 Å². The Hall–Kier alpha value is -1.65. The Bertz CT molecular complexity index is 642. The minimum atomic E-state index is 0.0101. The first-order valence-corrected chi connectivity index (χ1v) is 7.23. The summed E-state index contributed by atoms with van der Waals surface area (Å²) in [7, 11) is 0. The lowest BCUT2D eigenvalue weighted by atomic mass is 9.92. The van der Waals surface area contributed by atoms with Crippen molar-refractivity contribution in [1.82, 2.24) is 9.88 Å². The molecule has 0 spiro atoms. The van der Waals surface area contributed by atoms with Crippen LogP contribution in [0.1, 0.15) is 24.5 Å². The van der Waals surface area contributed by atoms with E-state index in [0.717, 1.165) is 48.9 Å². The van der Waals surface area contributed by atoms with Gasteiger partial charge in [0.1, 0.15) is 0 Å². The number of aromatic amines is 1. The number of fused-ring (bicyclic) bond motifs is 1. The van der Waals surface area contributed by atoms with Gasteiger partial charge < -0.3 is 15.0 Å². The van der Waals surface area contributed by atoms with Crippen molar-refractivity contribution in [3.05, 3.63) is 46.4 Å². The van der Waals surface area contributed by atoms with E-state index in [9.17, 15) is 4.79 Å². The number of hydrogen-bond donors (Lipinski definition) is 2. The van der Waals surface area contributed by atoms with Crippen LogP contribution in [0.25, 0.3) is 10.8 Å². The smallest absolute Gasteiger partial charge is 0.256 e. The maximum Gasteiger partial charge on any atom is 0.256 e. The van der Waals surface area contributed by atoms with Crippen molar-refractivity contribution in [1.29, 1.82) is 0 Å². The van der Waals surface area contributed by atoms with Crippen molar-refractivity contribution in [3.63, 3.8) is 0 Å². The van der Waals surface area contributed by atoms with Crippen LogP contribution >= 0.6 is 0 Å². The number of likely N-dealkylation sites (tertiary alicyclic amines) is 1. The van der Waals surface area contributed by atoms with E-state index in [-0.39, 0.29) is 12.2 Å². The van der Waals surface area contributed by atoms with Gasteiger partial charge in [-0.25, -0.2) is 0 Å². The Morgan fingerprint density at radius 3 is 2.75 bits per heavy atom. The second-order valence-electron chi connectivity index (χ2n) is 5.48. The molecule has 2 aromatic rings. The number of aliphatic hydroxyl groups is 1. The van der Waals surface area contributed by atoms with Gasteiger partial charge in [0.15, 0.2) is 0 Å². The quantitative estimate of drug-likeness (QED) is 0.894. The number of piperidine rings is 1. The third kappa shape index (κ3) is 2.62. The van der Waals surface area contributed by atoms with Crippen LogP contribution < -0.4 is 5.56 Å². The lowest BCUT2D eigenvalue weighted by molar-refractivity contribution is 0.163. The molecule has 1 fully saturated rings. The molecule has 4 nitrogen and oxygen atoms in total. The number of nitrogens with one attached hydrogen (secondary N) is 1. The van der Waals surface area contributed by atoms with Gasteiger partial charge in [0.25, 0.3) is 5.56 Å². The number of rotatable bonds is 3. The highest BCUT2D eigenvalue weighted by molar-refractivity contribution is 5.81. The molecule has 1 aromatic heterocycles. The zero-order valence-electron chi connectivity index (χ0n) is 11.5. The molecule has 3 rings (SSSR count). The largest absolute Gasteiger partial charge is 0.395 e. The molecule has 2 N–H and O–H groups in total. The molecule has 0 aliphatic carbocycles. The Kier molecular flexibility index (Phi) is 3.85. The van der Waals surface area contributed by atoms with Gasteiger partial charge in [0, 0.05) is 23.5 Å². The number of aliphatic hydroxyl groups excluding tert-OH is 1. The van der Waals surface area contributed by atoms with Gasteiger partial charge in [-0.2, -0.15) is 0 Å². The van der Waals surface area contributed by atoms with Gasteiger partial charge >= 0.3 is 0 Å². The summed E-state index contributed by atoms with van der Waals surface area (Å²) in [6.07, 6.45) is 2.07. The molecule has 20 heavy (non-hydrogen) atoms. The zero-order chi connectivity index (χ0) is 13.9. The molecule has 1 aliphatic rings. The van der Waals surface area contributed by atoms with E-state index in [1.807, 2.05) is 24.3 Å². The summed E-state index contributed by atoms with van der Waals surface area (Å²) in [5.74, 6) is 0.419. The molecule has 0 radical (unpaired) electrons. The van der Waals surface area contributed by atoms with Crippen molar-refractivity contribution >= 4 is 10.8 Å². The van der Waals surface area contributed by atoms with Crippen LogP contribution in [0.4, 0.5) is 0 Å².